The number of nitrogens with zero attached hydrogens (tertiary/aromatic N) is 1. The molecule has 1 heteroatoms. The third-order valence-electron chi connectivity index (χ3n) is 11.4. The van der Waals surface area contributed by atoms with Gasteiger partial charge >= 0.3 is 0 Å². The van der Waals surface area contributed by atoms with Crippen LogP contribution >= 0.6 is 0 Å². The number of anilines is 3. The highest BCUT2D eigenvalue weighted by Gasteiger charge is 2.39. The molecule has 9 aromatic carbocycles. The summed E-state index contributed by atoms with van der Waals surface area (Å²) in [7, 11) is 0. The molecule has 0 fully saturated rings. The Labute approximate surface area is 317 Å². The zero-order valence-electron chi connectivity index (χ0n) is 30.5. The van der Waals surface area contributed by atoms with Crippen LogP contribution in [0.15, 0.2) is 200 Å². The molecule has 0 unspecified atom stereocenters. The van der Waals surface area contributed by atoms with Crippen molar-refractivity contribution in [2.24, 2.45) is 0 Å². The minimum absolute atomic E-state index is 0.145. The number of fused-ring (bicyclic) bond motifs is 6. The molecule has 0 amide bonds. The molecule has 9 aromatic rings. The SMILES string of the molecule is CC1(C)c2ccccc2-c2c(-c3ccc(N(c4ccc(-c5ccccc5)cc4)c4ccc5ccccc5c4)cc3)c(-c3ccccc3)c3ccccc3c21. The summed E-state index contributed by atoms with van der Waals surface area (Å²) in [5, 5.41) is 5.07. The average Bonchev–Trinajstić information content (AvgIpc) is 3.48. The van der Waals surface area contributed by atoms with Crippen LogP contribution in [-0.4, -0.2) is 0 Å². The van der Waals surface area contributed by atoms with E-state index in [1.165, 1.54) is 77.2 Å². The van der Waals surface area contributed by atoms with Crippen molar-refractivity contribution in [2.75, 3.05) is 4.90 Å². The van der Waals surface area contributed by atoms with Gasteiger partial charge < -0.3 is 4.90 Å². The Morgan fingerprint density at radius 3 is 1.56 bits per heavy atom. The third-order valence-corrected chi connectivity index (χ3v) is 11.4. The van der Waals surface area contributed by atoms with Gasteiger partial charge in [0.2, 0.25) is 0 Å². The maximum absolute atomic E-state index is 2.39. The first-order valence-electron chi connectivity index (χ1n) is 18.9. The number of hydrogen-bond donors (Lipinski definition) is 0. The summed E-state index contributed by atoms with van der Waals surface area (Å²) in [6, 6.07) is 73.2. The lowest BCUT2D eigenvalue weighted by molar-refractivity contribution is 0.666. The molecule has 256 valence electrons. The van der Waals surface area contributed by atoms with Gasteiger partial charge in [-0.3, -0.25) is 0 Å². The van der Waals surface area contributed by atoms with Crippen LogP contribution in [0.2, 0.25) is 0 Å². The third kappa shape index (κ3) is 5.16. The second-order valence-corrected chi connectivity index (χ2v) is 14.9. The summed E-state index contributed by atoms with van der Waals surface area (Å²) < 4.78 is 0. The maximum Gasteiger partial charge on any atom is 0.0468 e. The largest absolute Gasteiger partial charge is 0.310 e. The van der Waals surface area contributed by atoms with Crippen LogP contribution in [0.25, 0.3) is 66.1 Å². The Morgan fingerprint density at radius 2 is 0.852 bits per heavy atom. The first-order valence-corrected chi connectivity index (χ1v) is 18.9. The number of benzene rings is 9. The Kier molecular flexibility index (Phi) is 7.56. The van der Waals surface area contributed by atoms with Crippen LogP contribution < -0.4 is 4.90 Å². The molecule has 0 aromatic heterocycles. The van der Waals surface area contributed by atoms with E-state index in [1.807, 2.05) is 0 Å². The Hall–Kier alpha value is -6.70. The zero-order valence-corrected chi connectivity index (χ0v) is 30.5. The van der Waals surface area contributed by atoms with Crippen LogP contribution in [-0.2, 0) is 5.41 Å². The fourth-order valence-corrected chi connectivity index (χ4v) is 8.90. The van der Waals surface area contributed by atoms with Gasteiger partial charge in [0, 0.05) is 22.5 Å². The van der Waals surface area contributed by atoms with Gasteiger partial charge in [-0.25, -0.2) is 0 Å². The van der Waals surface area contributed by atoms with E-state index in [-0.39, 0.29) is 5.41 Å². The van der Waals surface area contributed by atoms with E-state index in [1.54, 1.807) is 0 Å². The van der Waals surface area contributed by atoms with Crippen molar-refractivity contribution >= 4 is 38.6 Å². The van der Waals surface area contributed by atoms with Gasteiger partial charge in [0.25, 0.3) is 0 Å². The summed E-state index contributed by atoms with van der Waals surface area (Å²) in [5.74, 6) is 0. The number of hydrogen-bond acceptors (Lipinski definition) is 1. The van der Waals surface area contributed by atoms with E-state index in [0.717, 1.165) is 17.1 Å². The van der Waals surface area contributed by atoms with Crippen molar-refractivity contribution in [3.8, 4) is 44.5 Å². The van der Waals surface area contributed by atoms with Gasteiger partial charge in [0.15, 0.2) is 0 Å². The predicted octanol–water partition coefficient (Wildman–Crippen LogP) is 14.8. The second kappa shape index (κ2) is 12.8. The molecule has 0 radical (unpaired) electrons. The monoisotopic (exact) mass is 689 g/mol. The van der Waals surface area contributed by atoms with Crippen LogP contribution in [0.4, 0.5) is 17.1 Å². The Morgan fingerprint density at radius 1 is 0.352 bits per heavy atom. The van der Waals surface area contributed by atoms with Gasteiger partial charge in [0.05, 0.1) is 0 Å². The molecular weight excluding hydrogens is 651 g/mol. The molecule has 0 saturated heterocycles. The smallest absolute Gasteiger partial charge is 0.0468 e. The standard InChI is InChI=1S/C53H39N/c1-53(2)48-24-14-13-23-47(48)51-50(49(39-18-7-4-8-19-39)45-21-11-12-22-46(45)52(51)53)40-28-32-43(33-29-40)54(44-34-27-37-17-9-10-20-41(37)35-44)42-30-25-38(26-31-42)36-15-5-3-6-16-36/h3-35H,1-2H3. The van der Waals surface area contributed by atoms with Crippen molar-refractivity contribution in [2.45, 2.75) is 19.3 Å². The van der Waals surface area contributed by atoms with Crippen LogP contribution in [0.1, 0.15) is 25.0 Å². The normalized spacial score (nSPS) is 12.8. The molecule has 0 heterocycles. The molecule has 0 atom stereocenters. The van der Waals surface area contributed by atoms with Crippen molar-refractivity contribution in [1.82, 2.24) is 0 Å². The summed E-state index contributed by atoms with van der Waals surface area (Å²) in [4.78, 5) is 2.38. The van der Waals surface area contributed by atoms with Gasteiger partial charge in [-0.2, -0.15) is 0 Å². The van der Waals surface area contributed by atoms with Gasteiger partial charge in [-0.05, 0) is 114 Å². The van der Waals surface area contributed by atoms with E-state index in [4.69, 9.17) is 0 Å². The Balaban J connectivity index is 1.19. The van der Waals surface area contributed by atoms with Crippen LogP contribution in [0.5, 0.6) is 0 Å². The van der Waals surface area contributed by atoms with Crippen molar-refractivity contribution in [3.05, 3.63) is 211 Å². The molecular formula is C53H39N. The van der Waals surface area contributed by atoms with E-state index in [9.17, 15) is 0 Å². The minimum atomic E-state index is -0.145. The minimum Gasteiger partial charge on any atom is -0.310 e. The molecule has 0 saturated carbocycles. The molecule has 1 nitrogen and oxygen atoms in total. The molecule has 1 aliphatic rings. The summed E-state index contributed by atoms with van der Waals surface area (Å²) >= 11 is 0. The number of rotatable bonds is 6. The zero-order chi connectivity index (χ0) is 36.2. The van der Waals surface area contributed by atoms with Crippen LogP contribution in [0, 0.1) is 0 Å². The van der Waals surface area contributed by atoms with Crippen LogP contribution in [0.3, 0.4) is 0 Å². The molecule has 0 N–H and O–H groups in total. The summed E-state index contributed by atoms with van der Waals surface area (Å²) in [5.41, 5.74) is 16.1. The first kappa shape index (κ1) is 32.0. The molecule has 54 heavy (non-hydrogen) atoms. The summed E-state index contributed by atoms with van der Waals surface area (Å²) in [6.07, 6.45) is 0. The highest BCUT2D eigenvalue weighted by atomic mass is 15.1. The molecule has 0 aliphatic heterocycles. The fraction of sp³-hybridized carbons (Fsp3) is 0.0566. The predicted molar refractivity (Wildman–Crippen MR) is 230 cm³/mol. The quantitative estimate of drug-likeness (QED) is 0.168. The highest BCUT2D eigenvalue weighted by Crippen LogP contribution is 2.58. The van der Waals surface area contributed by atoms with Gasteiger partial charge in [-0.15, -0.1) is 0 Å². The van der Waals surface area contributed by atoms with Crippen molar-refractivity contribution in [3.63, 3.8) is 0 Å². The van der Waals surface area contributed by atoms with E-state index >= 15 is 0 Å². The van der Waals surface area contributed by atoms with E-state index in [0.29, 0.717) is 0 Å². The average molecular weight is 690 g/mol. The van der Waals surface area contributed by atoms with Crippen molar-refractivity contribution in [1.29, 1.82) is 0 Å². The lowest BCUT2D eigenvalue weighted by atomic mass is 9.77. The van der Waals surface area contributed by atoms with Crippen molar-refractivity contribution < 1.29 is 0 Å². The first-order chi connectivity index (χ1) is 26.6. The topological polar surface area (TPSA) is 3.24 Å². The maximum atomic E-state index is 2.39. The lowest BCUT2D eigenvalue weighted by Gasteiger charge is -2.27. The summed E-state index contributed by atoms with van der Waals surface area (Å²) in [6.45, 7) is 4.79. The molecule has 0 bridgehead atoms. The van der Waals surface area contributed by atoms with E-state index in [2.05, 4.69) is 219 Å². The molecule has 0 spiro atoms. The van der Waals surface area contributed by atoms with Gasteiger partial charge in [-0.1, -0.05) is 178 Å². The fourth-order valence-electron chi connectivity index (χ4n) is 8.90. The second-order valence-electron chi connectivity index (χ2n) is 14.9. The lowest BCUT2D eigenvalue weighted by Crippen LogP contribution is -2.15. The highest BCUT2D eigenvalue weighted by molar-refractivity contribution is 6.14. The van der Waals surface area contributed by atoms with E-state index < -0.39 is 0 Å². The van der Waals surface area contributed by atoms with Gasteiger partial charge in [0.1, 0.15) is 0 Å². The Bertz CT molecular complexity index is 2810. The molecule has 1 aliphatic carbocycles. The molecule has 10 rings (SSSR count).